The van der Waals surface area contributed by atoms with E-state index in [1.807, 2.05) is 32.0 Å². The summed E-state index contributed by atoms with van der Waals surface area (Å²) in [5.74, 6) is -0.360. The predicted molar refractivity (Wildman–Crippen MR) is 66.1 cm³/mol. The van der Waals surface area contributed by atoms with Crippen molar-refractivity contribution in [2.24, 2.45) is 5.73 Å². The number of rotatable bonds is 2. The summed E-state index contributed by atoms with van der Waals surface area (Å²) in [6, 6.07) is 8.41. The molecule has 88 valence electrons. The highest BCUT2D eigenvalue weighted by atomic mass is 19.1. The van der Waals surface area contributed by atoms with E-state index in [0.29, 0.717) is 5.69 Å². The molecule has 3 heteroatoms. The lowest BCUT2D eigenvalue weighted by Gasteiger charge is -2.15. The summed E-state index contributed by atoms with van der Waals surface area (Å²) in [6.07, 6.45) is 1.56. The van der Waals surface area contributed by atoms with Gasteiger partial charge < -0.3 is 5.73 Å². The number of hydrogen-bond acceptors (Lipinski definition) is 2. The van der Waals surface area contributed by atoms with Crippen molar-refractivity contribution in [1.29, 1.82) is 0 Å². The number of nitrogens with zero attached hydrogens (tertiary/aromatic N) is 1. The Balaban J connectivity index is 2.47. The monoisotopic (exact) mass is 230 g/mol. The summed E-state index contributed by atoms with van der Waals surface area (Å²) in [5.41, 5.74) is 9.45. The number of pyridine rings is 1. The first kappa shape index (κ1) is 11.7. The zero-order valence-electron chi connectivity index (χ0n) is 9.94. The first-order valence-electron chi connectivity index (χ1n) is 5.52. The van der Waals surface area contributed by atoms with E-state index in [-0.39, 0.29) is 5.82 Å². The van der Waals surface area contributed by atoms with Gasteiger partial charge in [0.05, 0.1) is 11.7 Å². The van der Waals surface area contributed by atoms with Crippen molar-refractivity contribution in [2.45, 2.75) is 19.9 Å². The van der Waals surface area contributed by atoms with Gasteiger partial charge in [0, 0.05) is 6.20 Å². The summed E-state index contributed by atoms with van der Waals surface area (Å²) < 4.78 is 13.6. The van der Waals surface area contributed by atoms with Gasteiger partial charge in [-0.1, -0.05) is 23.8 Å². The van der Waals surface area contributed by atoms with E-state index in [2.05, 4.69) is 4.98 Å². The summed E-state index contributed by atoms with van der Waals surface area (Å²) in [7, 11) is 0. The molecule has 2 nitrogen and oxygen atoms in total. The van der Waals surface area contributed by atoms with Crippen molar-refractivity contribution in [3.8, 4) is 0 Å². The molecule has 0 aliphatic carbocycles. The van der Waals surface area contributed by atoms with Crippen molar-refractivity contribution in [3.63, 3.8) is 0 Å². The number of nitrogens with two attached hydrogens (primary N) is 1. The minimum atomic E-state index is -0.518. The third-order valence-corrected chi connectivity index (χ3v) is 2.85. The van der Waals surface area contributed by atoms with Gasteiger partial charge in [0.25, 0.3) is 0 Å². The predicted octanol–water partition coefficient (Wildman–Crippen LogP) is 2.89. The van der Waals surface area contributed by atoms with Crippen molar-refractivity contribution < 1.29 is 4.39 Å². The Morgan fingerprint density at radius 2 is 2.00 bits per heavy atom. The van der Waals surface area contributed by atoms with Crippen LogP contribution in [0.25, 0.3) is 0 Å². The van der Waals surface area contributed by atoms with E-state index < -0.39 is 6.04 Å². The molecule has 17 heavy (non-hydrogen) atoms. The van der Waals surface area contributed by atoms with Crippen LogP contribution in [0.1, 0.15) is 28.4 Å². The number of halogens is 1. The van der Waals surface area contributed by atoms with Gasteiger partial charge >= 0.3 is 0 Å². The third kappa shape index (κ3) is 2.34. The number of aromatic nitrogens is 1. The second kappa shape index (κ2) is 4.63. The molecule has 2 rings (SSSR count). The molecule has 1 aromatic carbocycles. The molecule has 0 aliphatic heterocycles. The quantitative estimate of drug-likeness (QED) is 0.861. The average Bonchev–Trinajstić information content (AvgIpc) is 2.32. The van der Waals surface area contributed by atoms with Gasteiger partial charge in [-0.3, -0.25) is 4.98 Å². The van der Waals surface area contributed by atoms with Crippen molar-refractivity contribution in [2.75, 3.05) is 0 Å². The fourth-order valence-electron chi connectivity index (χ4n) is 1.87. The zero-order valence-corrected chi connectivity index (χ0v) is 9.94. The van der Waals surface area contributed by atoms with Crippen LogP contribution in [0, 0.1) is 19.7 Å². The fraction of sp³-hybridized carbons (Fsp3) is 0.214. The molecule has 0 radical (unpaired) electrons. The molecule has 0 bridgehead atoms. The fourth-order valence-corrected chi connectivity index (χ4v) is 1.87. The van der Waals surface area contributed by atoms with Gasteiger partial charge in [-0.25, -0.2) is 4.39 Å². The molecule has 0 fully saturated rings. The number of aryl methyl sites for hydroxylation is 2. The first-order valence-corrected chi connectivity index (χ1v) is 5.52. The smallest absolute Gasteiger partial charge is 0.146 e. The van der Waals surface area contributed by atoms with Crippen LogP contribution in [0.5, 0.6) is 0 Å². The van der Waals surface area contributed by atoms with E-state index in [0.717, 1.165) is 16.7 Å². The summed E-state index contributed by atoms with van der Waals surface area (Å²) in [5, 5.41) is 0. The van der Waals surface area contributed by atoms with Gasteiger partial charge in [0.15, 0.2) is 0 Å². The molecular formula is C14H15FN2. The Bertz CT molecular complexity index is 537. The maximum Gasteiger partial charge on any atom is 0.146 e. The molecule has 0 saturated carbocycles. The van der Waals surface area contributed by atoms with Crippen molar-refractivity contribution >= 4 is 0 Å². The number of benzene rings is 1. The normalized spacial score (nSPS) is 12.5. The Kier molecular flexibility index (Phi) is 3.20. The maximum atomic E-state index is 13.6. The standard InChI is InChI=1S/C14H15FN2/c1-9-5-6-10(2)11(8-9)13(16)14-12(15)4-3-7-17-14/h3-8,13H,16H2,1-2H3. The molecule has 1 atom stereocenters. The lowest BCUT2D eigenvalue weighted by atomic mass is 9.97. The first-order chi connectivity index (χ1) is 8.09. The zero-order chi connectivity index (χ0) is 12.4. The van der Waals surface area contributed by atoms with E-state index in [1.54, 1.807) is 12.3 Å². The van der Waals surface area contributed by atoms with Gasteiger partial charge in [0.1, 0.15) is 5.82 Å². The van der Waals surface area contributed by atoms with Crippen LogP contribution in [0.2, 0.25) is 0 Å². The topological polar surface area (TPSA) is 38.9 Å². The summed E-state index contributed by atoms with van der Waals surface area (Å²) >= 11 is 0. The van der Waals surface area contributed by atoms with E-state index in [4.69, 9.17) is 5.73 Å². The second-order valence-electron chi connectivity index (χ2n) is 4.21. The molecule has 0 saturated heterocycles. The minimum Gasteiger partial charge on any atom is -0.319 e. The molecule has 1 unspecified atom stereocenters. The lowest BCUT2D eigenvalue weighted by molar-refractivity contribution is 0.586. The third-order valence-electron chi connectivity index (χ3n) is 2.85. The molecule has 1 heterocycles. The van der Waals surface area contributed by atoms with E-state index in [1.165, 1.54) is 6.07 Å². The van der Waals surface area contributed by atoms with Crippen LogP contribution < -0.4 is 5.73 Å². The molecular weight excluding hydrogens is 215 g/mol. The van der Waals surface area contributed by atoms with Crippen LogP contribution in [-0.2, 0) is 0 Å². The van der Waals surface area contributed by atoms with Crippen LogP contribution in [0.15, 0.2) is 36.5 Å². The SMILES string of the molecule is Cc1ccc(C)c(C(N)c2ncccc2F)c1. The van der Waals surface area contributed by atoms with Crippen LogP contribution in [0.4, 0.5) is 4.39 Å². The second-order valence-corrected chi connectivity index (χ2v) is 4.21. The molecule has 0 amide bonds. The average molecular weight is 230 g/mol. The molecule has 2 aromatic rings. The Hall–Kier alpha value is -1.74. The van der Waals surface area contributed by atoms with Gasteiger partial charge in [-0.2, -0.15) is 0 Å². The highest BCUT2D eigenvalue weighted by molar-refractivity contribution is 5.37. The van der Waals surface area contributed by atoms with E-state index >= 15 is 0 Å². The highest BCUT2D eigenvalue weighted by Gasteiger charge is 2.16. The Morgan fingerprint density at radius 3 is 2.71 bits per heavy atom. The Labute approximate surface area is 100 Å². The van der Waals surface area contributed by atoms with Crippen LogP contribution in [0.3, 0.4) is 0 Å². The molecule has 1 aromatic heterocycles. The minimum absolute atomic E-state index is 0.293. The highest BCUT2D eigenvalue weighted by Crippen LogP contribution is 2.23. The Morgan fingerprint density at radius 1 is 1.24 bits per heavy atom. The molecule has 2 N–H and O–H groups in total. The van der Waals surface area contributed by atoms with Gasteiger partial charge in [0.2, 0.25) is 0 Å². The summed E-state index contributed by atoms with van der Waals surface area (Å²) in [6.45, 7) is 3.96. The molecule has 0 spiro atoms. The van der Waals surface area contributed by atoms with Crippen molar-refractivity contribution in [3.05, 3.63) is 64.7 Å². The molecule has 0 aliphatic rings. The lowest BCUT2D eigenvalue weighted by Crippen LogP contribution is -2.16. The van der Waals surface area contributed by atoms with Crippen LogP contribution in [-0.4, -0.2) is 4.98 Å². The van der Waals surface area contributed by atoms with Crippen molar-refractivity contribution in [1.82, 2.24) is 4.98 Å². The van der Waals surface area contributed by atoms with Crippen LogP contribution >= 0.6 is 0 Å². The summed E-state index contributed by atoms with van der Waals surface area (Å²) in [4.78, 5) is 4.03. The van der Waals surface area contributed by atoms with Gasteiger partial charge in [-0.15, -0.1) is 0 Å². The van der Waals surface area contributed by atoms with E-state index in [9.17, 15) is 4.39 Å². The maximum absolute atomic E-state index is 13.6. The largest absolute Gasteiger partial charge is 0.319 e. The number of hydrogen-bond donors (Lipinski definition) is 1. The van der Waals surface area contributed by atoms with Gasteiger partial charge in [-0.05, 0) is 37.1 Å².